The Morgan fingerprint density at radius 3 is 2.55 bits per heavy atom. The van der Waals surface area contributed by atoms with Crippen molar-refractivity contribution in [2.45, 2.75) is 44.9 Å². The number of nitrogens with zero attached hydrogens (tertiary/aromatic N) is 6. The first-order valence-corrected chi connectivity index (χ1v) is 16.8. The molecule has 4 aliphatic rings. The molecule has 2 fully saturated rings. The number of hydrogen-bond acceptors (Lipinski definition) is 8. The summed E-state index contributed by atoms with van der Waals surface area (Å²) in [7, 11) is 1.72. The molecule has 0 atom stereocenters. The lowest BCUT2D eigenvalue weighted by Crippen LogP contribution is -2.56. The summed E-state index contributed by atoms with van der Waals surface area (Å²) in [5.74, 6) is 0.540. The van der Waals surface area contributed by atoms with E-state index in [2.05, 4.69) is 30.7 Å². The van der Waals surface area contributed by atoms with Crippen molar-refractivity contribution in [1.29, 1.82) is 0 Å². The summed E-state index contributed by atoms with van der Waals surface area (Å²) >= 11 is 0. The predicted octanol–water partition coefficient (Wildman–Crippen LogP) is 3.54. The fourth-order valence-corrected chi connectivity index (χ4v) is 7.64. The average Bonchev–Trinajstić information content (AvgIpc) is 3.46. The monoisotopic (exact) mass is 635 g/mol. The van der Waals surface area contributed by atoms with Crippen molar-refractivity contribution in [3.63, 3.8) is 0 Å². The van der Waals surface area contributed by atoms with E-state index in [1.54, 1.807) is 24.2 Å². The van der Waals surface area contributed by atoms with Gasteiger partial charge in [0.25, 0.3) is 11.5 Å². The van der Waals surface area contributed by atoms with Crippen molar-refractivity contribution in [2.75, 3.05) is 61.1 Å². The Balaban J connectivity index is 1.04. The largest absolute Gasteiger partial charge is 0.392 e. The predicted molar refractivity (Wildman–Crippen MR) is 182 cm³/mol. The molecule has 8 rings (SSSR count). The topological polar surface area (TPSA) is 108 Å². The fourth-order valence-electron chi connectivity index (χ4n) is 7.64. The molecule has 0 unspecified atom stereocenters. The van der Waals surface area contributed by atoms with Gasteiger partial charge in [0.05, 0.1) is 43.4 Å². The Morgan fingerprint density at radius 2 is 1.81 bits per heavy atom. The molecule has 2 saturated heterocycles. The second-order valence-corrected chi connectivity index (χ2v) is 13.1. The van der Waals surface area contributed by atoms with Gasteiger partial charge in [0.1, 0.15) is 17.2 Å². The van der Waals surface area contributed by atoms with Gasteiger partial charge in [0.2, 0.25) is 0 Å². The summed E-state index contributed by atoms with van der Waals surface area (Å²) in [6.45, 7) is 6.60. The van der Waals surface area contributed by atoms with Crippen LogP contribution in [-0.2, 0) is 37.8 Å². The summed E-state index contributed by atoms with van der Waals surface area (Å²) in [4.78, 5) is 38.4. The third-order valence-electron chi connectivity index (χ3n) is 10.3. The number of carbonyl (C=O) groups is 1. The Kier molecular flexibility index (Phi) is 7.83. The molecule has 244 valence electrons. The second kappa shape index (κ2) is 12.3. The van der Waals surface area contributed by atoms with E-state index in [0.29, 0.717) is 35.3 Å². The van der Waals surface area contributed by atoms with Crippen molar-refractivity contribution in [3.8, 4) is 11.1 Å². The van der Waals surface area contributed by atoms with Crippen LogP contribution < -0.4 is 20.7 Å². The first-order valence-electron chi connectivity index (χ1n) is 16.8. The van der Waals surface area contributed by atoms with Gasteiger partial charge in [0.15, 0.2) is 0 Å². The molecule has 3 aliphatic heterocycles. The SMILES string of the molecule is Cn1cc(-c2cccc(N3CCn4c(cc5c4CCCC5)C3=O)c2CO)cc(Nc2ccc(N3CCN(C4COC4)CC3)cn2)c1=O. The molecule has 3 aromatic heterocycles. The zero-order valence-corrected chi connectivity index (χ0v) is 26.8. The van der Waals surface area contributed by atoms with E-state index in [1.165, 1.54) is 15.8 Å². The van der Waals surface area contributed by atoms with Crippen LogP contribution in [0.25, 0.3) is 11.1 Å². The summed E-state index contributed by atoms with van der Waals surface area (Å²) < 4.78 is 9.10. The van der Waals surface area contributed by atoms with Gasteiger partial charge in [-0.3, -0.25) is 14.5 Å². The van der Waals surface area contributed by atoms with Crippen molar-refractivity contribution in [1.82, 2.24) is 19.0 Å². The molecule has 11 heteroatoms. The van der Waals surface area contributed by atoms with Gasteiger partial charge < -0.3 is 34.1 Å². The Bertz CT molecular complexity index is 1870. The quantitative estimate of drug-likeness (QED) is 0.318. The van der Waals surface area contributed by atoms with Gasteiger partial charge >= 0.3 is 0 Å². The lowest BCUT2D eigenvalue weighted by Gasteiger charge is -2.43. The van der Waals surface area contributed by atoms with Crippen LogP contribution in [0, 0.1) is 0 Å². The van der Waals surface area contributed by atoms with Crippen molar-refractivity contribution < 1.29 is 14.6 Å². The Labute approximate surface area is 274 Å². The van der Waals surface area contributed by atoms with Crippen molar-refractivity contribution in [2.24, 2.45) is 7.05 Å². The molecule has 0 saturated carbocycles. The van der Waals surface area contributed by atoms with Gasteiger partial charge in [-0.2, -0.15) is 0 Å². The van der Waals surface area contributed by atoms with Gasteiger partial charge in [-0.25, -0.2) is 4.98 Å². The number of amides is 1. The van der Waals surface area contributed by atoms with E-state index >= 15 is 0 Å². The maximum Gasteiger partial charge on any atom is 0.274 e. The number of nitrogens with one attached hydrogen (secondary N) is 1. The molecule has 2 N–H and O–H groups in total. The third kappa shape index (κ3) is 5.42. The normalized spacial score (nSPS) is 18.6. The molecular formula is C36H41N7O4. The number of ether oxygens (including phenoxy) is 1. The van der Waals surface area contributed by atoms with Gasteiger partial charge in [-0.15, -0.1) is 0 Å². The molecular weight excluding hydrogens is 594 g/mol. The summed E-state index contributed by atoms with van der Waals surface area (Å²) in [6.07, 6.45) is 8.01. The maximum absolute atomic E-state index is 13.8. The van der Waals surface area contributed by atoms with Crippen LogP contribution in [-0.4, -0.2) is 82.0 Å². The molecule has 1 aromatic carbocycles. The highest BCUT2D eigenvalue weighted by molar-refractivity contribution is 6.07. The lowest BCUT2D eigenvalue weighted by atomic mass is 9.98. The molecule has 11 nitrogen and oxygen atoms in total. The van der Waals surface area contributed by atoms with Gasteiger partial charge in [-0.1, -0.05) is 12.1 Å². The Hall–Kier alpha value is -4.45. The van der Waals surface area contributed by atoms with Crippen LogP contribution in [0.4, 0.5) is 22.9 Å². The van der Waals surface area contributed by atoms with Crippen LogP contribution >= 0.6 is 0 Å². The molecule has 0 spiro atoms. The van der Waals surface area contributed by atoms with E-state index in [9.17, 15) is 14.7 Å². The van der Waals surface area contributed by atoms with Crippen LogP contribution in [0.3, 0.4) is 0 Å². The van der Waals surface area contributed by atoms with Crippen molar-refractivity contribution >= 4 is 28.8 Å². The smallest absolute Gasteiger partial charge is 0.274 e. The van der Waals surface area contributed by atoms with Gasteiger partial charge in [0, 0.05) is 69.3 Å². The number of aryl methyl sites for hydroxylation is 2. The molecule has 0 radical (unpaired) electrons. The zero-order chi connectivity index (χ0) is 32.1. The number of pyridine rings is 2. The number of hydrogen-bond donors (Lipinski definition) is 2. The number of piperazine rings is 1. The molecule has 47 heavy (non-hydrogen) atoms. The number of benzene rings is 1. The number of fused-ring (bicyclic) bond motifs is 3. The molecule has 1 amide bonds. The first-order chi connectivity index (χ1) is 23.0. The van der Waals surface area contributed by atoms with Gasteiger partial charge in [-0.05, 0) is 67.1 Å². The summed E-state index contributed by atoms with van der Waals surface area (Å²) in [6, 6.07) is 14.1. The molecule has 6 heterocycles. The average molecular weight is 636 g/mol. The second-order valence-electron chi connectivity index (χ2n) is 13.1. The molecule has 4 aromatic rings. The number of carbonyl (C=O) groups excluding carboxylic acids is 1. The van der Waals surface area contributed by atoms with E-state index in [-0.39, 0.29) is 18.1 Å². The molecule has 1 aliphatic carbocycles. The summed E-state index contributed by atoms with van der Waals surface area (Å²) in [5.41, 5.74) is 7.48. The van der Waals surface area contributed by atoms with Crippen LogP contribution in [0.1, 0.15) is 40.2 Å². The van der Waals surface area contributed by atoms with Crippen LogP contribution in [0.5, 0.6) is 0 Å². The third-order valence-corrected chi connectivity index (χ3v) is 10.3. The molecule has 0 bridgehead atoms. The first kappa shape index (κ1) is 29.9. The number of aromatic nitrogens is 3. The zero-order valence-electron chi connectivity index (χ0n) is 26.8. The number of aliphatic hydroxyl groups excluding tert-OH is 1. The highest BCUT2D eigenvalue weighted by atomic mass is 16.5. The minimum atomic E-state index is -0.246. The Morgan fingerprint density at radius 1 is 0.979 bits per heavy atom. The van der Waals surface area contributed by atoms with Crippen molar-refractivity contribution in [3.05, 3.63) is 87.7 Å². The lowest BCUT2D eigenvalue weighted by molar-refractivity contribution is -0.0660. The minimum absolute atomic E-state index is 0.0373. The van der Waals surface area contributed by atoms with E-state index in [1.807, 2.05) is 36.5 Å². The van der Waals surface area contributed by atoms with E-state index in [0.717, 1.165) is 94.1 Å². The fraction of sp³-hybridized carbons (Fsp3) is 0.417. The van der Waals surface area contributed by atoms with Crippen LogP contribution in [0.15, 0.2) is 59.7 Å². The highest BCUT2D eigenvalue weighted by Gasteiger charge is 2.32. The number of rotatable bonds is 7. The standard InChI is InChI=1S/C36H41N7O4/c1-39-20-25(17-30(35(39)45)38-34-10-9-26(19-37-34)40-11-13-41(14-12-40)27-22-47-23-27)28-6-4-8-32(29(28)21-44)43-16-15-42-31-7-3-2-5-24(31)18-33(42)36(43)46/h4,6,8-10,17-20,27,44H,2-3,5,7,11-16,21-23H2,1H3,(H,37,38). The van der Waals surface area contributed by atoms with Crippen LogP contribution in [0.2, 0.25) is 0 Å². The highest BCUT2D eigenvalue weighted by Crippen LogP contribution is 2.36. The number of anilines is 4. The summed E-state index contributed by atoms with van der Waals surface area (Å²) in [5, 5.41) is 13.9. The van der Waals surface area contributed by atoms with E-state index < -0.39 is 0 Å². The maximum atomic E-state index is 13.8. The van der Waals surface area contributed by atoms with E-state index in [4.69, 9.17) is 4.74 Å². The minimum Gasteiger partial charge on any atom is -0.392 e. The number of aliphatic hydroxyl groups is 1.